The predicted molar refractivity (Wildman–Crippen MR) is 238 cm³/mol. The summed E-state index contributed by atoms with van der Waals surface area (Å²) in [6.45, 7) is 12.6. The molecule has 0 saturated carbocycles. The van der Waals surface area contributed by atoms with Crippen molar-refractivity contribution < 1.29 is 28.6 Å². The molecule has 2 fully saturated rings. The van der Waals surface area contributed by atoms with Gasteiger partial charge in [-0.15, -0.1) is 0 Å². The molecule has 328 valence electrons. The number of piperidine rings is 1. The van der Waals surface area contributed by atoms with E-state index in [9.17, 15) is 14.4 Å². The van der Waals surface area contributed by atoms with Gasteiger partial charge in [0.15, 0.2) is 0 Å². The summed E-state index contributed by atoms with van der Waals surface area (Å²) in [4.78, 5) is 52.0. The van der Waals surface area contributed by atoms with Crippen LogP contribution in [0.2, 0.25) is 10.0 Å². The molecule has 13 nitrogen and oxygen atoms in total. The van der Waals surface area contributed by atoms with Crippen LogP contribution in [-0.4, -0.2) is 105 Å². The largest absolute Gasteiger partial charge is 0.457 e. The molecule has 2 aliphatic heterocycles. The number of carbonyl (C=O) groups excluding carboxylic acids is 3. The maximum absolute atomic E-state index is 14.5. The third kappa shape index (κ3) is 11.4. The van der Waals surface area contributed by atoms with Crippen LogP contribution in [0.15, 0.2) is 72.9 Å². The molecule has 61 heavy (non-hydrogen) atoms. The van der Waals surface area contributed by atoms with Crippen LogP contribution in [0.4, 0.5) is 4.79 Å². The normalized spacial score (nSPS) is 19.5. The third-order valence-corrected chi connectivity index (χ3v) is 11.5. The summed E-state index contributed by atoms with van der Waals surface area (Å²) in [5.41, 5.74) is 1.15. The average molecular weight is 877 g/mol. The lowest BCUT2D eigenvalue weighted by Gasteiger charge is -2.44. The number of nitrogens with zero attached hydrogens (tertiary/aromatic N) is 5. The van der Waals surface area contributed by atoms with Gasteiger partial charge in [0, 0.05) is 47.9 Å². The zero-order valence-electron chi connectivity index (χ0n) is 36.7. The molecular formula is C46H59Cl2N7O6. The van der Waals surface area contributed by atoms with Crippen molar-refractivity contribution in [3.05, 3.63) is 99.9 Å². The molecule has 1 aromatic heterocycles. The monoisotopic (exact) mass is 875 g/mol. The van der Waals surface area contributed by atoms with E-state index in [0.29, 0.717) is 47.4 Å². The summed E-state index contributed by atoms with van der Waals surface area (Å²) in [7, 11) is 6.04. The van der Waals surface area contributed by atoms with Crippen molar-refractivity contribution in [3.63, 3.8) is 0 Å². The van der Waals surface area contributed by atoms with E-state index in [0.717, 1.165) is 34.8 Å². The van der Waals surface area contributed by atoms with Gasteiger partial charge < -0.3 is 39.2 Å². The van der Waals surface area contributed by atoms with Gasteiger partial charge in [0.1, 0.15) is 34.7 Å². The Labute approximate surface area is 369 Å². The highest BCUT2D eigenvalue weighted by Crippen LogP contribution is 2.34. The van der Waals surface area contributed by atoms with Crippen molar-refractivity contribution >= 4 is 41.1 Å². The summed E-state index contributed by atoms with van der Waals surface area (Å²) in [6, 6.07) is 19.0. The van der Waals surface area contributed by atoms with Gasteiger partial charge in [0.25, 0.3) is 0 Å². The number of rotatable bonds is 13. The molecule has 0 spiro atoms. The number of likely N-dealkylation sites (tertiary alicyclic amines) is 1. The Bertz CT molecular complexity index is 2190. The molecule has 6 rings (SSSR count). The van der Waals surface area contributed by atoms with E-state index in [4.69, 9.17) is 37.4 Å². The second kappa shape index (κ2) is 18.8. The maximum atomic E-state index is 14.5. The second-order valence-electron chi connectivity index (χ2n) is 17.9. The minimum absolute atomic E-state index is 0.00982. The van der Waals surface area contributed by atoms with Crippen molar-refractivity contribution in [2.24, 2.45) is 7.05 Å². The Hall–Kier alpha value is -4.66. The van der Waals surface area contributed by atoms with Gasteiger partial charge in [-0.1, -0.05) is 41.4 Å². The van der Waals surface area contributed by atoms with Gasteiger partial charge in [-0.05, 0) is 129 Å². The van der Waals surface area contributed by atoms with Crippen molar-refractivity contribution in [2.75, 3.05) is 33.8 Å². The van der Waals surface area contributed by atoms with Crippen LogP contribution >= 0.6 is 23.2 Å². The van der Waals surface area contributed by atoms with E-state index in [2.05, 4.69) is 25.1 Å². The van der Waals surface area contributed by atoms with Crippen molar-refractivity contribution in [1.82, 2.24) is 34.9 Å². The van der Waals surface area contributed by atoms with Crippen molar-refractivity contribution in [3.8, 4) is 22.8 Å². The van der Waals surface area contributed by atoms with E-state index in [-0.39, 0.29) is 31.5 Å². The van der Waals surface area contributed by atoms with Crippen molar-refractivity contribution in [2.45, 2.75) is 103 Å². The molecule has 0 unspecified atom stereocenters. The lowest BCUT2D eigenvalue weighted by molar-refractivity contribution is -0.152. The van der Waals surface area contributed by atoms with Gasteiger partial charge in [-0.2, -0.15) is 0 Å². The minimum atomic E-state index is -1.07. The van der Waals surface area contributed by atoms with Crippen LogP contribution in [0.25, 0.3) is 11.3 Å². The van der Waals surface area contributed by atoms with Crippen LogP contribution in [0.3, 0.4) is 0 Å². The van der Waals surface area contributed by atoms with Crippen LogP contribution in [0, 0.1) is 0 Å². The van der Waals surface area contributed by atoms with Crippen LogP contribution in [0.1, 0.15) is 71.3 Å². The fraction of sp³-hybridized carbons (Fsp3) is 0.478. The van der Waals surface area contributed by atoms with E-state index in [1.54, 1.807) is 37.8 Å². The number of imidazole rings is 1. The number of ether oxygens (including phenoxy) is 3. The van der Waals surface area contributed by atoms with Crippen molar-refractivity contribution in [1.29, 1.82) is 0 Å². The highest BCUT2D eigenvalue weighted by molar-refractivity contribution is 6.31. The van der Waals surface area contributed by atoms with Gasteiger partial charge >= 0.3 is 6.09 Å². The van der Waals surface area contributed by atoms with E-state index in [1.807, 2.05) is 103 Å². The number of benzene rings is 3. The van der Waals surface area contributed by atoms with Gasteiger partial charge in [-0.25, -0.2) is 9.78 Å². The van der Waals surface area contributed by atoms with Gasteiger partial charge in [-0.3, -0.25) is 14.5 Å². The SMILES string of the molecule is C[C@H](NCc1ccc(Cl)cc1Oc1ccc(-c2cnc(CN(C)C)n2C)cc1)C(=O)N1[C@H](C(=O)N[C@@]2(Cc3ccc(Cl)cc3)CCCN(C(=O)OC(C)(C)C)C2)COC1(C)C. The van der Waals surface area contributed by atoms with Gasteiger partial charge in [0.2, 0.25) is 11.8 Å². The minimum Gasteiger partial charge on any atom is -0.457 e. The highest BCUT2D eigenvalue weighted by atomic mass is 35.5. The standard InChI is InChI=1S/C46H59Cl2N7O6/c1-30(49-25-33-13-18-35(48)23-39(33)60-36-19-14-32(15-20-36)37-26-50-40(53(37)9)27-52(7)8)42(57)55-38(28-59-45(55,5)6)41(56)51-46(24-31-11-16-34(47)17-12-31)21-10-22-54(29-46)43(58)61-44(2,3)4/h11-20,23,26,30,38,49H,10,21-22,24-25,27-29H2,1-9H3,(H,51,56)/t30-,38-,46+/m0/s1. The molecule has 3 aromatic carbocycles. The summed E-state index contributed by atoms with van der Waals surface area (Å²) in [6.07, 6.45) is 3.14. The predicted octanol–water partition coefficient (Wildman–Crippen LogP) is 7.82. The third-order valence-electron chi connectivity index (χ3n) is 11.0. The molecule has 2 N–H and O–H groups in total. The number of hydrogen-bond donors (Lipinski definition) is 2. The molecule has 2 saturated heterocycles. The number of carbonyl (C=O) groups is 3. The first-order valence-electron chi connectivity index (χ1n) is 20.7. The molecule has 15 heteroatoms. The van der Waals surface area contributed by atoms with E-state index in [1.165, 1.54) is 4.90 Å². The van der Waals surface area contributed by atoms with Crippen LogP contribution < -0.4 is 15.4 Å². The topological polar surface area (TPSA) is 130 Å². The first-order valence-corrected chi connectivity index (χ1v) is 21.4. The Balaban J connectivity index is 1.15. The van der Waals surface area contributed by atoms with E-state index < -0.39 is 35.0 Å². The highest BCUT2D eigenvalue weighted by Gasteiger charge is 2.50. The fourth-order valence-corrected chi connectivity index (χ4v) is 8.24. The number of aromatic nitrogens is 2. The molecule has 4 aromatic rings. The molecule has 3 heterocycles. The summed E-state index contributed by atoms with van der Waals surface area (Å²) in [5, 5.41) is 7.77. The number of hydrogen-bond acceptors (Lipinski definition) is 9. The molecule has 0 radical (unpaired) electrons. The number of nitrogens with one attached hydrogen (secondary N) is 2. The number of halogens is 2. The summed E-state index contributed by atoms with van der Waals surface area (Å²) in [5.74, 6) is 1.47. The smallest absolute Gasteiger partial charge is 0.410 e. The molecular weight excluding hydrogens is 817 g/mol. The average Bonchev–Trinajstić information content (AvgIpc) is 3.71. The zero-order chi connectivity index (χ0) is 44.3. The molecule has 0 aliphatic carbocycles. The second-order valence-corrected chi connectivity index (χ2v) is 18.8. The molecule has 3 amide bonds. The first kappa shape index (κ1) is 45.9. The Kier molecular flexibility index (Phi) is 14.1. The van der Waals surface area contributed by atoms with Crippen LogP contribution in [-0.2, 0) is 45.6 Å². The van der Waals surface area contributed by atoms with Gasteiger partial charge in [0.05, 0.1) is 36.6 Å². The fourth-order valence-electron chi connectivity index (χ4n) is 7.95. The Morgan fingerprint density at radius 2 is 1.70 bits per heavy atom. The first-order chi connectivity index (χ1) is 28.7. The molecule has 0 bridgehead atoms. The molecule has 2 aliphatic rings. The summed E-state index contributed by atoms with van der Waals surface area (Å²) >= 11 is 12.7. The van der Waals surface area contributed by atoms with Crippen LogP contribution in [0.5, 0.6) is 11.5 Å². The Morgan fingerprint density at radius 3 is 2.38 bits per heavy atom. The quantitative estimate of drug-likeness (QED) is 0.138. The lowest BCUT2D eigenvalue weighted by atomic mass is 9.82. The number of amides is 3. The zero-order valence-corrected chi connectivity index (χ0v) is 38.2. The Morgan fingerprint density at radius 1 is 1.02 bits per heavy atom. The maximum Gasteiger partial charge on any atom is 0.410 e. The lowest BCUT2D eigenvalue weighted by Crippen LogP contribution is -2.65. The summed E-state index contributed by atoms with van der Waals surface area (Å²) < 4.78 is 20.3. The van der Waals surface area contributed by atoms with E-state index >= 15 is 0 Å². The molecule has 3 atom stereocenters.